The van der Waals surface area contributed by atoms with Gasteiger partial charge < -0.3 is 15.0 Å². The van der Waals surface area contributed by atoms with Crippen LogP contribution in [0.2, 0.25) is 0 Å². The predicted molar refractivity (Wildman–Crippen MR) is 75.9 cm³/mol. The van der Waals surface area contributed by atoms with Crippen molar-refractivity contribution < 1.29 is 14.7 Å². The van der Waals surface area contributed by atoms with Crippen LogP contribution >= 0.6 is 11.8 Å². The molecule has 0 radical (unpaired) electrons. The summed E-state index contributed by atoms with van der Waals surface area (Å²) in [6.45, 7) is 2.51. The summed E-state index contributed by atoms with van der Waals surface area (Å²) < 4.78 is 2.08. The van der Waals surface area contributed by atoms with Crippen LogP contribution in [0.4, 0.5) is 0 Å². The van der Waals surface area contributed by atoms with E-state index in [1.54, 1.807) is 6.08 Å². The number of hydrogen-bond acceptors (Lipinski definition) is 5. The molecular formula is C13H12N4O3S. The maximum atomic E-state index is 12.1. The Balaban J connectivity index is 1.60. The van der Waals surface area contributed by atoms with Crippen molar-refractivity contribution in [3.05, 3.63) is 34.4 Å². The van der Waals surface area contributed by atoms with Crippen molar-refractivity contribution in [1.29, 1.82) is 0 Å². The van der Waals surface area contributed by atoms with E-state index in [0.717, 1.165) is 31.2 Å². The molecule has 7 nitrogen and oxygen atoms in total. The van der Waals surface area contributed by atoms with Gasteiger partial charge in [-0.1, -0.05) is 0 Å². The van der Waals surface area contributed by atoms with Crippen LogP contribution in [-0.4, -0.2) is 43.4 Å². The number of carbonyl (C=O) groups excluding carboxylic acids is 1. The average Bonchev–Trinajstić information content (AvgIpc) is 3.05. The number of hydrogen-bond donors (Lipinski definition) is 2. The fraction of sp³-hybridized carbons (Fsp3) is 0.308. The normalized spacial score (nSPS) is 25.4. The molecule has 0 bridgehead atoms. The molecule has 108 valence electrons. The van der Waals surface area contributed by atoms with Crippen molar-refractivity contribution >= 4 is 29.7 Å². The van der Waals surface area contributed by atoms with E-state index in [4.69, 9.17) is 5.11 Å². The molecule has 2 N–H and O–H groups in total. The molecule has 3 aliphatic heterocycles. The van der Waals surface area contributed by atoms with Gasteiger partial charge in [-0.3, -0.25) is 9.69 Å². The number of fused-ring (bicyclic) bond motifs is 2. The second-order valence-corrected chi connectivity index (χ2v) is 5.98. The maximum Gasteiger partial charge on any atom is 0.353 e. The summed E-state index contributed by atoms with van der Waals surface area (Å²) in [5.41, 5.74) is 1.41. The van der Waals surface area contributed by atoms with Crippen molar-refractivity contribution in [3.8, 4) is 0 Å². The molecular weight excluding hydrogens is 292 g/mol. The molecule has 1 atom stereocenters. The van der Waals surface area contributed by atoms with Crippen LogP contribution in [0.1, 0.15) is 11.5 Å². The van der Waals surface area contributed by atoms with Crippen LogP contribution in [0.25, 0.3) is 6.08 Å². The Hall–Kier alpha value is -2.06. The van der Waals surface area contributed by atoms with Crippen molar-refractivity contribution in [1.82, 2.24) is 19.8 Å². The highest BCUT2D eigenvalue weighted by molar-refractivity contribution is 8.03. The van der Waals surface area contributed by atoms with Crippen molar-refractivity contribution in [2.24, 2.45) is 0 Å². The third-order valence-corrected chi connectivity index (χ3v) is 4.83. The Bertz CT molecular complexity index is 697. The molecule has 0 aliphatic carbocycles. The summed E-state index contributed by atoms with van der Waals surface area (Å²) in [5, 5.41) is 13.6. The molecule has 1 aromatic heterocycles. The van der Waals surface area contributed by atoms with Crippen molar-refractivity contribution in [2.45, 2.75) is 18.5 Å². The molecule has 1 aromatic rings. The number of aromatic nitrogens is 2. The Morgan fingerprint density at radius 2 is 2.43 bits per heavy atom. The van der Waals surface area contributed by atoms with Crippen LogP contribution in [0.15, 0.2) is 22.9 Å². The lowest BCUT2D eigenvalue weighted by atomic mass is 10.0. The number of carbonyl (C=O) groups is 2. The molecule has 3 aliphatic rings. The van der Waals surface area contributed by atoms with E-state index in [-0.39, 0.29) is 17.0 Å². The van der Waals surface area contributed by atoms with Gasteiger partial charge in [0.05, 0.1) is 17.8 Å². The Morgan fingerprint density at radius 1 is 1.57 bits per heavy atom. The lowest BCUT2D eigenvalue weighted by Crippen LogP contribution is -2.51. The summed E-state index contributed by atoms with van der Waals surface area (Å²) in [5.74, 6) is -0.358. The van der Waals surface area contributed by atoms with Gasteiger partial charge in [-0.25, -0.2) is 9.78 Å². The number of β-lactam (4-membered cyclic amide) rings is 1. The fourth-order valence-electron chi connectivity index (χ4n) is 2.71. The summed E-state index contributed by atoms with van der Waals surface area (Å²) in [6, 6.07) is 0. The van der Waals surface area contributed by atoms with E-state index in [1.807, 2.05) is 6.20 Å². The number of nitrogens with one attached hydrogen (secondary N) is 1. The number of carboxylic acid groups (broad SMARTS) is 1. The van der Waals surface area contributed by atoms with E-state index < -0.39 is 5.97 Å². The first-order valence-corrected chi connectivity index (χ1v) is 7.50. The minimum Gasteiger partial charge on any atom is -0.477 e. The van der Waals surface area contributed by atoms with Crippen LogP contribution in [0, 0.1) is 0 Å². The maximum absolute atomic E-state index is 12.1. The fourth-order valence-corrected chi connectivity index (χ4v) is 3.82. The van der Waals surface area contributed by atoms with Gasteiger partial charge in [-0.05, 0) is 6.08 Å². The number of imidazole rings is 1. The highest BCUT2D eigenvalue weighted by Crippen LogP contribution is 2.44. The molecule has 1 fully saturated rings. The van der Waals surface area contributed by atoms with Crippen LogP contribution < -0.4 is 5.32 Å². The summed E-state index contributed by atoms with van der Waals surface area (Å²) in [7, 11) is 0. The monoisotopic (exact) mass is 304 g/mol. The molecule has 0 aromatic carbocycles. The second-order valence-electron chi connectivity index (χ2n) is 5.02. The highest BCUT2D eigenvalue weighted by Gasteiger charge is 2.49. The number of nitrogens with zero attached hydrogens (tertiary/aromatic N) is 3. The quantitative estimate of drug-likeness (QED) is 0.600. The van der Waals surface area contributed by atoms with Crippen LogP contribution in [-0.2, 0) is 22.7 Å². The van der Waals surface area contributed by atoms with Crippen molar-refractivity contribution in [3.63, 3.8) is 0 Å². The van der Waals surface area contributed by atoms with E-state index in [0.29, 0.717) is 5.57 Å². The largest absolute Gasteiger partial charge is 0.477 e. The molecule has 0 spiro atoms. The SMILES string of the molecule is O=C(O)C1=CS[C@@H]2C(=Cc3cn4c(n3)CNCC4)C(=O)N12. The standard InChI is InChI=1S/C13H12N4O3S/c18-11-8(12-17(11)9(6-21-12)13(19)20)3-7-5-16-2-1-14-4-10(16)15-7/h3,5-6,12,14H,1-2,4H2,(H,19,20)/t12-/m1/s1. The van der Waals surface area contributed by atoms with E-state index >= 15 is 0 Å². The van der Waals surface area contributed by atoms with Crippen molar-refractivity contribution in [2.75, 3.05) is 6.54 Å². The molecule has 4 heterocycles. The first-order chi connectivity index (χ1) is 10.1. The van der Waals surface area contributed by atoms with Gasteiger partial charge in [-0.15, -0.1) is 11.8 Å². The lowest BCUT2D eigenvalue weighted by molar-refractivity contribution is -0.141. The first kappa shape index (κ1) is 12.7. The Morgan fingerprint density at radius 3 is 3.19 bits per heavy atom. The van der Waals surface area contributed by atoms with Crippen LogP contribution in [0.3, 0.4) is 0 Å². The number of thioether (sulfide) groups is 1. The minimum absolute atomic E-state index is 0.0560. The third-order valence-electron chi connectivity index (χ3n) is 3.75. The Labute approximate surface area is 124 Å². The van der Waals surface area contributed by atoms with E-state index in [2.05, 4.69) is 14.9 Å². The van der Waals surface area contributed by atoms with Gasteiger partial charge in [-0.2, -0.15) is 0 Å². The molecule has 0 unspecified atom stereocenters. The average molecular weight is 304 g/mol. The topological polar surface area (TPSA) is 87.5 Å². The van der Waals surface area contributed by atoms with Gasteiger partial charge in [0.2, 0.25) is 0 Å². The second kappa shape index (κ2) is 4.47. The zero-order chi connectivity index (χ0) is 14.6. The van der Waals surface area contributed by atoms with Gasteiger partial charge in [0.15, 0.2) is 0 Å². The molecule has 8 heteroatoms. The Kier molecular flexibility index (Phi) is 2.69. The highest BCUT2D eigenvalue weighted by atomic mass is 32.2. The minimum atomic E-state index is -1.07. The zero-order valence-corrected chi connectivity index (χ0v) is 11.8. The predicted octanol–water partition coefficient (Wildman–Crippen LogP) is 0.211. The van der Waals surface area contributed by atoms with Gasteiger partial charge >= 0.3 is 5.97 Å². The summed E-state index contributed by atoms with van der Waals surface area (Å²) in [6.07, 6.45) is 3.70. The van der Waals surface area contributed by atoms with E-state index in [9.17, 15) is 9.59 Å². The lowest BCUT2D eigenvalue weighted by Gasteiger charge is -2.36. The van der Waals surface area contributed by atoms with Crippen LogP contribution in [0.5, 0.6) is 0 Å². The number of rotatable bonds is 2. The molecule has 21 heavy (non-hydrogen) atoms. The van der Waals surface area contributed by atoms with Gasteiger partial charge in [0.1, 0.15) is 16.9 Å². The first-order valence-electron chi connectivity index (χ1n) is 6.56. The number of aliphatic carboxylic acids is 1. The number of carboxylic acids is 1. The molecule has 1 saturated heterocycles. The molecule has 4 rings (SSSR count). The molecule has 0 saturated carbocycles. The summed E-state index contributed by atoms with van der Waals surface area (Å²) in [4.78, 5) is 28.9. The summed E-state index contributed by atoms with van der Waals surface area (Å²) >= 11 is 1.34. The molecule has 1 amide bonds. The van der Waals surface area contributed by atoms with Gasteiger partial charge in [0, 0.05) is 24.7 Å². The van der Waals surface area contributed by atoms with Gasteiger partial charge in [0.25, 0.3) is 5.91 Å². The zero-order valence-electron chi connectivity index (χ0n) is 10.9. The van der Waals surface area contributed by atoms with E-state index in [1.165, 1.54) is 22.1 Å². The number of amides is 1. The third kappa shape index (κ3) is 1.83. The smallest absolute Gasteiger partial charge is 0.353 e.